The van der Waals surface area contributed by atoms with Gasteiger partial charge in [0.05, 0.1) is 5.41 Å². The lowest BCUT2D eigenvalue weighted by Crippen LogP contribution is -2.40. The summed E-state index contributed by atoms with van der Waals surface area (Å²) < 4.78 is 0. The van der Waals surface area contributed by atoms with E-state index in [2.05, 4.69) is 11.9 Å². The minimum Gasteiger partial charge on any atom is -0.481 e. The van der Waals surface area contributed by atoms with Gasteiger partial charge in [-0.15, -0.1) is 0 Å². The van der Waals surface area contributed by atoms with Crippen molar-refractivity contribution in [3.05, 3.63) is 0 Å². The van der Waals surface area contributed by atoms with Crippen molar-refractivity contribution >= 4 is 5.97 Å². The molecule has 1 unspecified atom stereocenters. The number of nitrogens with zero attached hydrogens (tertiary/aromatic N) is 1. The molecule has 1 saturated carbocycles. The van der Waals surface area contributed by atoms with Crippen LogP contribution in [0.1, 0.15) is 51.4 Å². The zero-order valence-electron chi connectivity index (χ0n) is 11.0. The molecule has 2 rings (SSSR count). The minimum atomic E-state index is -0.528. The predicted molar refractivity (Wildman–Crippen MR) is 68.0 cm³/mol. The third-order valence-corrected chi connectivity index (χ3v) is 4.91. The number of aliphatic carboxylic acids is 1. The largest absolute Gasteiger partial charge is 0.481 e. The van der Waals surface area contributed by atoms with Crippen molar-refractivity contribution < 1.29 is 9.90 Å². The van der Waals surface area contributed by atoms with Crippen LogP contribution in [0.5, 0.6) is 0 Å². The lowest BCUT2D eigenvalue weighted by Gasteiger charge is -2.38. The summed E-state index contributed by atoms with van der Waals surface area (Å²) in [5, 5.41) is 9.73. The van der Waals surface area contributed by atoms with Gasteiger partial charge in [-0.25, -0.2) is 0 Å². The van der Waals surface area contributed by atoms with Gasteiger partial charge in [0.2, 0.25) is 0 Å². The van der Waals surface area contributed by atoms with Gasteiger partial charge in [-0.3, -0.25) is 4.79 Å². The SMILES string of the molecule is CN1CCCC(C(=O)O)(C2CCCCC2)CC1. The van der Waals surface area contributed by atoms with Crippen LogP contribution in [-0.4, -0.2) is 36.1 Å². The average molecular weight is 239 g/mol. The number of hydrogen-bond acceptors (Lipinski definition) is 2. The van der Waals surface area contributed by atoms with Crippen molar-refractivity contribution in [2.75, 3.05) is 20.1 Å². The van der Waals surface area contributed by atoms with Crippen molar-refractivity contribution in [2.24, 2.45) is 11.3 Å². The number of hydrogen-bond donors (Lipinski definition) is 1. The molecular formula is C14H25NO2. The first-order valence-electron chi connectivity index (χ1n) is 7.07. The van der Waals surface area contributed by atoms with Crippen molar-refractivity contribution in [3.63, 3.8) is 0 Å². The highest BCUT2D eigenvalue weighted by atomic mass is 16.4. The van der Waals surface area contributed by atoms with Crippen molar-refractivity contribution in [3.8, 4) is 0 Å². The maximum Gasteiger partial charge on any atom is 0.309 e. The maximum absolute atomic E-state index is 11.8. The Morgan fingerprint density at radius 3 is 2.47 bits per heavy atom. The molecule has 0 aromatic carbocycles. The molecule has 0 bridgehead atoms. The first-order chi connectivity index (χ1) is 8.15. The normalized spacial score (nSPS) is 33.2. The van der Waals surface area contributed by atoms with Crippen LogP contribution in [-0.2, 0) is 4.79 Å². The highest BCUT2D eigenvalue weighted by Gasteiger charge is 2.45. The summed E-state index contributed by atoms with van der Waals surface area (Å²) in [5.74, 6) is -0.0973. The Morgan fingerprint density at radius 1 is 1.12 bits per heavy atom. The molecule has 0 radical (unpaired) electrons. The Hall–Kier alpha value is -0.570. The quantitative estimate of drug-likeness (QED) is 0.805. The second-order valence-electron chi connectivity index (χ2n) is 5.95. The second-order valence-corrected chi connectivity index (χ2v) is 5.95. The Morgan fingerprint density at radius 2 is 1.82 bits per heavy atom. The van der Waals surface area contributed by atoms with Gasteiger partial charge < -0.3 is 10.0 Å². The molecule has 2 fully saturated rings. The van der Waals surface area contributed by atoms with Gasteiger partial charge in [0.15, 0.2) is 0 Å². The number of carbonyl (C=O) groups is 1. The van der Waals surface area contributed by atoms with E-state index in [1.54, 1.807) is 0 Å². The number of rotatable bonds is 2. The maximum atomic E-state index is 11.8. The van der Waals surface area contributed by atoms with Gasteiger partial charge in [-0.1, -0.05) is 19.3 Å². The van der Waals surface area contributed by atoms with Gasteiger partial charge >= 0.3 is 5.97 Å². The lowest BCUT2D eigenvalue weighted by atomic mass is 9.65. The molecule has 17 heavy (non-hydrogen) atoms. The van der Waals surface area contributed by atoms with E-state index in [1.807, 2.05) is 0 Å². The summed E-state index contributed by atoms with van der Waals surface area (Å²) in [6.07, 6.45) is 8.81. The zero-order chi connectivity index (χ0) is 12.3. The molecule has 0 aromatic rings. The van der Waals surface area contributed by atoms with E-state index in [1.165, 1.54) is 19.3 Å². The zero-order valence-corrected chi connectivity index (χ0v) is 11.0. The molecule has 1 saturated heterocycles. The molecule has 3 heteroatoms. The Balaban J connectivity index is 2.15. The van der Waals surface area contributed by atoms with Crippen molar-refractivity contribution in [2.45, 2.75) is 51.4 Å². The summed E-state index contributed by atoms with van der Waals surface area (Å²) in [6.45, 7) is 2.00. The van der Waals surface area contributed by atoms with Crippen LogP contribution in [0.3, 0.4) is 0 Å². The number of carboxylic acids is 1. The molecule has 0 amide bonds. The second kappa shape index (κ2) is 5.38. The molecule has 3 nitrogen and oxygen atoms in total. The van der Waals surface area contributed by atoms with Gasteiger partial charge in [0.25, 0.3) is 0 Å². The van der Waals surface area contributed by atoms with E-state index >= 15 is 0 Å². The molecule has 1 heterocycles. The monoisotopic (exact) mass is 239 g/mol. The van der Waals surface area contributed by atoms with Gasteiger partial charge in [-0.05, 0) is 58.2 Å². The number of likely N-dealkylation sites (tertiary alicyclic amines) is 1. The van der Waals surface area contributed by atoms with Crippen LogP contribution in [0, 0.1) is 11.3 Å². The smallest absolute Gasteiger partial charge is 0.309 e. The fraction of sp³-hybridized carbons (Fsp3) is 0.929. The van der Waals surface area contributed by atoms with Crippen molar-refractivity contribution in [1.82, 2.24) is 4.90 Å². The van der Waals surface area contributed by atoms with E-state index in [9.17, 15) is 9.90 Å². The molecule has 1 aliphatic heterocycles. The number of carboxylic acid groups (broad SMARTS) is 1. The summed E-state index contributed by atoms with van der Waals surface area (Å²) in [4.78, 5) is 14.1. The summed E-state index contributed by atoms with van der Waals surface area (Å²) in [5.41, 5.74) is -0.412. The fourth-order valence-corrected chi connectivity index (χ4v) is 3.74. The highest BCUT2D eigenvalue weighted by Crippen LogP contribution is 2.45. The topological polar surface area (TPSA) is 40.5 Å². The average Bonchev–Trinajstić information content (AvgIpc) is 2.53. The first kappa shape index (κ1) is 12.9. The van der Waals surface area contributed by atoms with E-state index in [4.69, 9.17) is 0 Å². The molecule has 98 valence electrons. The molecule has 0 aromatic heterocycles. The van der Waals surface area contributed by atoms with Gasteiger partial charge in [0, 0.05) is 0 Å². The van der Waals surface area contributed by atoms with Gasteiger partial charge in [0.1, 0.15) is 0 Å². The van der Waals surface area contributed by atoms with Crippen LogP contribution in [0.15, 0.2) is 0 Å². The molecular weight excluding hydrogens is 214 g/mol. The van der Waals surface area contributed by atoms with Crippen LogP contribution in [0.2, 0.25) is 0 Å². The molecule has 0 spiro atoms. The van der Waals surface area contributed by atoms with Crippen LogP contribution < -0.4 is 0 Å². The van der Waals surface area contributed by atoms with Crippen LogP contribution in [0.25, 0.3) is 0 Å². The summed E-state index contributed by atoms with van der Waals surface area (Å²) in [7, 11) is 2.11. The minimum absolute atomic E-state index is 0.412. The van der Waals surface area contributed by atoms with Gasteiger partial charge in [-0.2, -0.15) is 0 Å². The van der Waals surface area contributed by atoms with E-state index in [0.717, 1.165) is 45.2 Å². The molecule has 1 aliphatic carbocycles. The molecule has 1 N–H and O–H groups in total. The Labute approximate surface area is 104 Å². The Bertz CT molecular complexity index is 273. The molecule has 1 atom stereocenters. The highest BCUT2D eigenvalue weighted by molar-refractivity contribution is 5.75. The van der Waals surface area contributed by atoms with E-state index in [-0.39, 0.29) is 0 Å². The van der Waals surface area contributed by atoms with E-state index in [0.29, 0.717) is 5.92 Å². The standard InChI is InChI=1S/C14H25NO2/c1-15-10-5-8-14(9-11-15,13(16)17)12-6-3-2-4-7-12/h12H,2-11H2,1H3,(H,16,17). The third kappa shape index (κ3) is 2.65. The lowest BCUT2D eigenvalue weighted by molar-refractivity contribution is -0.154. The predicted octanol–water partition coefficient (Wildman–Crippen LogP) is 2.75. The molecule has 2 aliphatic rings. The van der Waals surface area contributed by atoms with Crippen LogP contribution in [0.4, 0.5) is 0 Å². The summed E-state index contributed by atoms with van der Waals surface area (Å²) >= 11 is 0. The first-order valence-corrected chi connectivity index (χ1v) is 7.07. The van der Waals surface area contributed by atoms with Crippen molar-refractivity contribution in [1.29, 1.82) is 0 Å². The Kier molecular flexibility index (Phi) is 4.08. The summed E-state index contributed by atoms with van der Waals surface area (Å²) in [6, 6.07) is 0. The fourth-order valence-electron chi connectivity index (χ4n) is 3.74. The van der Waals surface area contributed by atoms with E-state index < -0.39 is 11.4 Å². The van der Waals surface area contributed by atoms with Crippen LogP contribution >= 0.6 is 0 Å². The third-order valence-electron chi connectivity index (χ3n) is 4.91.